The van der Waals surface area contributed by atoms with E-state index in [4.69, 9.17) is 4.43 Å². The summed E-state index contributed by atoms with van der Waals surface area (Å²) in [6.07, 6.45) is -0.172. The normalized spacial score (nSPS) is 16.2. The average Bonchev–Trinajstić information content (AvgIpc) is 2.43. The molecule has 0 unspecified atom stereocenters. The van der Waals surface area contributed by atoms with Crippen molar-refractivity contribution in [2.24, 2.45) is 5.92 Å². The van der Waals surface area contributed by atoms with Crippen LogP contribution in [0, 0.1) is 17.4 Å². The Labute approximate surface area is 160 Å². The standard InChI is InChI=1S/C21H44O2Si2/c1-16(2)25(17(3)4,18(5)6)14-13-20(19(7)15-22)23-24(11,12)21(8,9)10/h16-20,22H,15H2,1-12H3/t19-,20-/m0/s1. The lowest BCUT2D eigenvalue weighted by molar-refractivity contribution is 0.124. The second-order valence-corrected chi connectivity index (χ2v) is 20.5. The lowest BCUT2D eigenvalue weighted by Crippen LogP contribution is -2.46. The summed E-state index contributed by atoms with van der Waals surface area (Å²) in [4.78, 5) is 0. The summed E-state index contributed by atoms with van der Waals surface area (Å²) in [5.41, 5.74) is 5.62. The van der Waals surface area contributed by atoms with E-state index < -0.39 is 16.4 Å². The summed E-state index contributed by atoms with van der Waals surface area (Å²) in [7, 11) is -3.70. The Hall–Kier alpha value is -0.0862. The van der Waals surface area contributed by atoms with Crippen LogP contribution in [0.5, 0.6) is 0 Å². The molecule has 0 aliphatic heterocycles. The molecule has 0 heterocycles. The van der Waals surface area contributed by atoms with Gasteiger partial charge in [0.25, 0.3) is 0 Å². The van der Waals surface area contributed by atoms with Crippen molar-refractivity contribution in [3.63, 3.8) is 0 Å². The highest BCUT2D eigenvalue weighted by Gasteiger charge is 2.43. The van der Waals surface area contributed by atoms with Gasteiger partial charge in [-0.3, -0.25) is 0 Å². The SMILES string of the molecule is CC(C)[Si](C#C[C@H](O[Si](C)(C)C(C)(C)C)[C@@H](C)CO)(C(C)C)C(C)C. The third-order valence-corrected chi connectivity index (χ3v) is 17.1. The Morgan fingerprint density at radius 1 is 0.880 bits per heavy atom. The average molecular weight is 385 g/mol. The second kappa shape index (κ2) is 9.21. The van der Waals surface area contributed by atoms with E-state index in [1.165, 1.54) is 0 Å². The lowest BCUT2D eigenvalue weighted by Gasteiger charge is -2.40. The molecule has 0 amide bonds. The van der Waals surface area contributed by atoms with Crippen LogP contribution in [0.1, 0.15) is 69.2 Å². The zero-order valence-corrected chi connectivity index (χ0v) is 20.9. The predicted molar refractivity (Wildman–Crippen MR) is 117 cm³/mol. The van der Waals surface area contributed by atoms with Gasteiger partial charge in [-0.15, -0.1) is 5.54 Å². The Morgan fingerprint density at radius 3 is 1.56 bits per heavy atom. The number of aliphatic hydroxyl groups excluding tert-OH is 1. The van der Waals surface area contributed by atoms with E-state index in [0.717, 1.165) is 0 Å². The summed E-state index contributed by atoms with van der Waals surface area (Å²) in [6.45, 7) is 27.5. The first-order valence-electron chi connectivity index (χ1n) is 9.94. The van der Waals surface area contributed by atoms with Crippen LogP contribution in [0.25, 0.3) is 0 Å². The number of rotatable bonds is 7. The van der Waals surface area contributed by atoms with Gasteiger partial charge < -0.3 is 9.53 Å². The van der Waals surface area contributed by atoms with E-state index in [2.05, 4.69) is 93.8 Å². The van der Waals surface area contributed by atoms with Crippen molar-refractivity contribution >= 4 is 16.4 Å². The van der Waals surface area contributed by atoms with Crippen LogP contribution in [0.2, 0.25) is 34.8 Å². The fourth-order valence-corrected chi connectivity index (χ4v) is 10.0. The minimum absolute atomic E-state index is 0.0415. The maximum Gasteiger partial charge on any atom is 0.193 e. The van der Waals surface area contributed by atoms with Crippen LogP contribution < -0.4 is 0 Å². The molecule has 0 bridgehead atoms. The van der Waals surface area contributed by atoms with Crippen LogP contribution in [0.4, 0.5) is 0 Å². The fraction of sp³-hybridized carbons (Fsp3) is 0.905. The molecular weight excluding hydrogens is 340 g/mol. The molecule has 25 heavy (non-hydrogen) atoms. The van der Waals surface area contributed by atoms with Crippen molar-refractivity contribution in [1.29, 1.82) is 0 Å². The number of hydrogen-bond donors (Lipinski definition) is 1. The van der Waals surface area contributed by atoms with Crippen molar-refractivity contribution in [3.8, 4) is 11.5 Å². The summed E-state index contributed by atoms with van der Waals surface area (Å²) < 4.78 is 6.62. The maximum atomic E-state index is 9.74. The van der Waals surface area contributed by atoms with Gasteiger partial charge in [0.2, 0.25) is 0 Å². The predicted octanol–water partition coefficient (Wildman–Crippen LogP) is 6.23. The molecule has 0 aromatic rings. The Balaban J connectivity index is 5.95. The van der Waals surface area contributed by atoms with Crippen LogP contribution in [-0.2, 0) is 4.43 Å². The molecule has 1 N–H and O–H groups in total. The second-order valence-electron chi connectivity index (χ2n) is 10.1. The van der Waals surface area contributed by atoms with Crippen molar-refractivity contribution in [3.05, 3.63) is 0 Å². The molecule has 0 aromatic carbocycles. The molecule has 2 nitrogen and oxygen atoms in total. The van der Waals surface area contributed by atoms with E-state index >= 15 is 0 Å². The van der Waals surface area contributed by atoms with E-state index in [1.54, 1.807) is 0 Å². The first kappa shape index (κ1) is 24.9. The Bertz CT molecular complexity index is 443. The molecule has 0 aliphatic rings. The van der Waals surface area contributed by atoms with Crippen molar-refractivity contribution in [1.82, 2.24) is 0 Å². The molecule has 0 spiro atoms. The molecule has 0 rings (SSSR count). The van der Waals surface area contributed by atoms with Gasteiger partial charge in [0.1, 0.15) is 14.2 Å². The number of aliphatic hydroxyl groups is 1. The molecular formula is C21H44O2Si2. The van der Waals surface area contributed by atoms with Crippen LogP contribution >= 0.6 is 0 Å². The highest BCUT2D eigenvalue weighted by atomic mass is 28.4. The monoisotopic (exact) mass is 384 g/mol. The van der Waals surface area contributed by atoms with Gasteiger partial charge in [0, 0.05) is 12.5 Å². The molecule has 2 atom stereocenters. The fourth-order valence-electron chi connectivity index (χ4n) is 3.51. The highest BCUT2D eigenvalue weighted by Crippen LogP contribution is 2.41. The Kier molecular flexibility index (Phi) is 9.18. The van der Waals surface area contributed by atoms with Gasteiger partial charge in [0.05, 0.1) is 0 Å². The van der Waals surface area contributed by atoms with Crippen LogP contribution in [-0.4, -0.2) is 34.2 Å². The van der Waals surface area contributed by atoms with Gasteiger partial charge in [-0.1, -0.05) is 75.2 Å². The minimum atomic E-state index is -1.92. The summed E-state index contributed by atoms with van der Waals surface area (Å²) in [6, 6.07) is 0. The smallest absolute Gasteiger partial charge is 0.193 e. The molecule has 0 aliphatic carbocycles. The molecule has 4 heteroatoms. The Morgan fingerprint density at radius 2 is 1.28 bits per heavy atom. The largest absolute Gasteiger partial charge is 0.403 e. The van der Waals surface area contributed by atoms with E-state index in [9.17, 15) is 5.11 Å². The zero-order valence-electron chi connectivity index (χ0n) is 18.9. The number of hydrogen-bond acceptors (Lipinski definition) is 2. The van der Waals surface area contributed by atoms with Gasteiger partial charge in [-0.25, -0.2) is 0 Å². The van der Waals surface area contributed by atoms with Crippen molar-refractivity contribution < 1.29 is 9.53 Å². The van der Waals surface area contributed by atoms with E-state index in [1.807, 2.05) is 0 Å². The molecule has 148 valence electrons. The van der Waals surface area contributed by atoms with Gasteiger partial charge in [-0.05, 0) is 34.8 Å². The van der Waals surface area contributed by atoms with Gasteiger partial charge in [-0.2, -0.15) is 0 Å². The molecule has 0 radical (unpaired) electrons. The van der Waals surface area contributed by atoms with E-state index in [0.29, 0.717) is 16.6 Å². The first-order chi connectivity index (χ1) is 11.1. The zero-order chi connectivity index (χ0) is 20.2. The van der Waals surface area contributed by atoms with E-state index in [-0.39, 0.29) is 23.7 Å². The summed E-state index contributed by atoms with van der Waals surface area (Å²) in [5.74, 6) is 3.59. The van der Waals surface area contributed by atoms with Gasteiger partial charge in [0.15, 0.2) is 8.32 Å². The summed E-state index contributed by atoms with van der Waals surface area (Å²) in [5, 5.41) is 9.88. The summed E-state index contributed by atoms with van der Waals surface area (Å²) >= 11 is 0. The topological polar surface area (TPSA) is 29.5 Å². The highest BCUT2D eigenvalue weighted by molar-refractivity contribution is 6.90. The van der Waals surface area contributed by atoms with Crippen LogP contribution in [0.15, 0.2) is 0 Å². The third kappa shape index (κ3) is 5.95. The lowest BCUT2D eigenvalue weighted by atomic mass is 10.1. The van der Waals surface area contributed by atoms with Gasteiger partial charge >= 0.3 is 0 Å². The minimum Gasteiger partial charge on any atom is -0.403 e. The molecule has 0 saturated carbocycles. The quantitative estimate of drug-likeness (QED) is 0.416. The third-order valence-electron chi connectivity index (χ3n) is 6.33. The van der Waals surface area contributed by atoms with Crippen LogP contribution in [0.3, 0.4) is 0 Å². The van der Waals surface area contributed by atoms with Crippen molar-refractivity contribution in [2.75, 3.05) is 6.61 Å². The molecule has 0 saturated heterocycles. The van der Waals surface area contributed by atoms with Crippen molar-refractivity contribution in [2.45, 2.75) is 110 Å². The molecule has 0 fully saturated rings. The molecule has 0 aromatic heterocycles. The maximum absolute atomic E-state index is 9.74. The first-order valence-corrected chi connectivity index (χ1v) is 15.1.